The number of hydrogen-bond acceptors (Lipinski definition) is 9. The van der Waals surface area contributed by atoms with Gasteiger partial charge in [-0.25, -0.2) is 4.98 Å². The van der Waals surface area contributed by atoms with Crippen LogP contribution in [0.5, 0.6) is 11.5 Å². The first-order valence-electron chi connectivity index (χ1n) is 14.6. The normalized spacial score (nSPS) is 16.0. The molecule has 0 aliphatic carbocycles. The van der Waals surface area contributed by atoms with Crippen molar-refractivity contribution in [3.05, 3.63) is 59.0 Å². The Balaban J connectivity index is 1.09. The average molecular weight is 580 g/mol. The zero-order valence-corrected chi connectivity index (χ0v) is 24.5. The molecule has 220 valence electrons. The van der Waals surface area contributed by atoms with E-state index < -0.39 is 0 Å². The van der Waals surface area contributed by atoms with E-state index in [1.807, 2.05) is 23.5 Å². The maximum absolute atomic E-state index is 7.46. The van der Waals surface area contributed by atoms with Crippen molar-refractivity contribution in [1.29, 1.82) is 5.41 Å². The van der Waals surface area contributed by atoms with Crippen molar-refractivity contribution in [2.45, 2.75) is 25.7 Å². The fourth-order valence-electron chi connectivity index (χ4n) is 4.91. The van der Waals surface area contributed by atoms with Crippen LogP contribution in [0.4, 0.5) is 5.13 Å². The lowest BCUT2D eigenvalue weighted by atomic mass is 10.1. The van der Waals surface area contributed by atoms with E-state index in [0.29, 0.717) is 18.8 Å². The van der Waals surface area contributed by atoms with Crippen LogP contribution in [0.25, 0.3) is 11.3 Å². The standard InChI is InChI=1S/C31H41N5O4S/c32-30(33)25-6-10-27(11-7-25)40-19-3-1-2-18-39-26-8-4-24(5-9-26)29-28(12-13-35-14-20-37-21-15-35)41-31(34-29)36-16-22-38-23-17-36/h4-11H,1-3,12-23H2,(H3,32,33). The van der Waals surface area contributed by atoms with E-state index in [-0.39, 0.29) is 5.84 Å². The summed E-state index contributed by atoms with van der Waals surface area (Å²) < 4.78 is 22.9. The molecular formula is C31H41N5O4S. The number of anilines is 1. The second kappa shape index (κ2) is 15.2. The van der Waals surface area contributed by atoms with Gasteiger partial charge in [0.15, 0.2) is 5.13 Å². The number of unbranched alkanes of at least 4 members (excludes halogenated alkanes) is 2. The molecule has 3 N–H and O–H groups in total. The number of nitrogens with zero attached hydrogens (tertiary/aromatic N) is 3. The van der Waals surface area contributed by atoms with Crippen molar-refractivity contribution in [2.75, 3.05) is 77.3 Å². The van der Waals surface area contributed by atoms with E-state index in [1.54, 1.807) is 12.1 Å². The van der Waals surface area contributed by atoms with Gasteiger partial charge in [0.2, 0.25) is 0 Å². The van der Waals surface area contributed by atoms with Crippen molar-refractivity contribution in [2.24, 2.45) is 5.73 Å². The smallest absolute Gasteiger partial charge is 0.186 e. The van der Waals surface area contributed by atoms with E-state index in [0.717, 1.165) is 113 Å². The second-order valence-electron chi connectivity index (χ2n) is 10.3. The summed E-state index contributed by atoms with van der Waals surface area (Å²) in [6, 6.07) is 15.7. The van der Waals surface area contributed by atoms with Gasteiger partial charge in [0, 0.05) is 48.7 Å². The highest BCUT2D eigenvalue weighted by atomic mass is 32.1. The molecule has 0 radical (unpaired) electrons. The van der Waals surface area contributed by atoms with Gasteiger partial charge in [0.05, 0.1) is 45.3 Å². The minimum absolute atomic E-state index is 0.0662. The van der Waals surface area contributed by atoms with Crippen molar-refractivity contribution >= 4 is 22.3 Å². The Labute approximate surface area is 246 Å². The van der Waals surface area contributed by atoms with E-state index in [9.17, 15) is 0 Å². The van der Waals surface area contributed by atoms with Crippen LogP contribution >= 0.6 is 11.3 Å². The predicted molar refractivity (Wildman–Crippen MR) is 164 cm³/mol. The van der Waals surface area contributed by atoms with Gasteiger partial charge < -0.3 is 29.6 Å². The third kappa shape index (κ3) is 8.65. The summed E-state index contributed by atoms with van der Waals surface area (Å²) in [4.78, 5) is 11.3. The number of aromatic nitrogens is 1. The van der Waals surface area contributed by atoms with Gasteiger partial charge >= 0.3 is 0 Å². The van der Waals surface area contributed by atoms with Gasteiger partial charge in [0.1, 0.15) is 17.3 Å². The number of ether oxygens (including phenoxy) is 4. The van der Waals surface area contributed by atoms with Gasteiger partial charge in [-0.3, -0.25) is 10.3 Å². The van der Waals surface area contributed by atoms with E-state index in [2.05, 4.69) is 34.1 Å². The molecule has 0 atom stereocenters. The average Bonchev–Trinajstić information content (AvgIpc) is 3.45. The van der Waals surface area contributed by atoms with Crippen LogP contribution in [0.3, 0.4) is 0 Å². The number of hydrogen-bond donors (Lipinski definition) is 2. The molecule has 41 heavy (non-hydrogen) atoms. The van der Waals surface area contributed by atoms with Gasteiger partial charge in [-0.1, -0.05) is 0 Å². The number of nitrogens with one attached hydrogen (secondary N) is 1. The molecule has 2 saturated heterocycles. The zero-order valence-electron chi connectivity index (χ0n) is 23.7. The molecule has 0 bridgehead atoms. The van der Waals surface area contributed by atoms with Crippen LogP contribution in [-0.2, 0) is 15.9 Å². The Morgan fingerprint density at radius 2 is 1.41 bits per heavy atom. The fourth-order valence-corrected chi connectivity index (χ4v) is 6.03. The molecule has 0 unspecified atom stereocenters. The first kappa shape index (κ1) is 29.3. The Morgan fingerprint density at radius 1 is 0.829 bits per heavy atom. The Morgan fingerprint density at radius 3 is 2.02 bits per heavy atom. The van der Waals surface area contributed by atoms with Gasteiger partial charge in [-0.05, 0) is 74.2 Å². The van der Waals surface area contributed by atoms with Crippen LogP contribution < -0.4 is 20.1 Å². The Hall–Kier alpha value is -3.18. The largest absolute Gasteiger partial charge is 0.494 e. The summed E-state index contributed by atoms with van der Waals surface area (Å²) in [6.45, 7) is 9.30. The Bertz CT molecular complexity index is 1220. The maximum Gasteiger partial charge on any atom is 0.186 e. The molecule has 9 nitrogen and oxygen atoms in total. The first-order chi connectivity index (χ1) is 20.2. The van der Waals surface area contributed by atoms with Crippen LogP contribution in [0.1, 0.15) is 29.7 Å². The molecule has 10 heteroatoms. The molecule has 2 aromatic carbocycles. The summed E-state index contributed by atoms with van der Waals surface area (Å²) in [5.41, 5.74) is 8.43. The van der Waals surface area contributed by atoms with Gasteiger partial charge in [0.25, 0.3) is 0 Å². The molecule has 2 aliphatic rings. The lowest BCUT2D eigenvalue weighted by Crippen LogP contribution is -2.37. The second-order valence-corrected chi connectivity index (χ2v) is 11.4. The monoisotopic (exact) mass is 579 g/mol. The topological polar surface area (TPSA) is 106 Å². The zero-order chi connectivity index (χ0) is 28.3. The molecule has 2 fully saturated rings. The quantitative estimate of drug-likeness (QED) is 0.164. The molecule has 5 rings (SSSR count). The summed E-state index contributed by atoms with van der Waals surface area (Å²) in [7, 11) is 0. The molecule has 3 heterocycles. The molecule has 0 amide bonds. The number of morpholine rings is 2. The predicted octanol–water partition coefficient (Wildman–Crippen LogP) is 4.43. The van der Waals surface area contributed by atoms with Crippen molar-refractivity contribution in [3.63, 3.8) is 0 Å². The van der Waals surface area contributed by atoms with Crippen LogP contribution in [0.2, 0.25) is 0 Å². The number of benzene rings is 2. The summed E-state index contributed by atoms with van der Waals surface area (Å²) in [5, 5.41) is 8.55. The van der Waals surface area contributed by atoms with E-state index in [4.69, 9.17) is 35.1 Å². The number of thiazole rings is 1. The minimum atomic E-state index is 0.0662. The van der Waals surface area contributed by atoms with E-state index in [1.165, 1.54) is 4.88 Å². The third-order valence-corrected chi connectivity index (χ3v) is 8.52. The highest BCUT2D eigenvalue weighted by molar-refractivity contribution is 7.16. The minimum Gasteiger partial charge on any atom is -0.494 e. The molecule has 3 aromatic rings. The van der Waals surface area contributed by atoms with Crippen molar-refractivity contribution in [1.82, 2.24) is 9.88 Å². The molecule has 1 aromatic heterocycles. The van der Waals surface area contributed by atoms with Gasteiger partial charge in [-0.15, -0.1) is 11.3 Å². The summed E-state index contributed by atoms with van der Waals surface area (Å²) in [5.74, 6) is 1.75. The lowest BCUT2D eigenvalue weighted by molar-refractivity contribution is 0.0385. The SMILES string of the molecule is N=C(N)c1ccc(OCCCCCOc2ccc(-c3nc(N4CCOCC4)sc3CCN3CCOCC3)cc2)cc1. The third-order valence-electron chi connectivity index (χ3n) is 7.35. The first-order valence-corrected chi connectivity index (χ1v) is 15.4. The van der Waals surface area contributed by atoms with E-state index >= 15 is 0 Å². The highest BCUT2D eigenvalue weighted by Gasteiger charge is 2.20. The fraction of sp³-hybridized carbons (Fsp3) is 0.484. The van der Waals surface area contributed by atoms with Crippen LogP contribution in [-0.4, -0.2) is 88.1 Å². The Kier molecular flexibility index (Phi) is 10.8. The lowest BCUT2D eigenvalue weighted by Gasteiger charge is -2.26. The summed E-state index contributed by atoms with van der Waals surface area (Å²) in [6.07, 6.45) is 3.94. The molecule has 0 spiro atoms. The summed E-state index contributed by atoms with van der Waals surface area (Å²) >= 11 is 1.82. The van der Waals surface area contributed by atoms with Gasteiger partial charge in [-0.2, -0.15) is 0 Å². The number of nitrogens with two attached hydrogens (primary N) is 1. The van der Waals surface area contributed by atoms with Crippen LogP contribution in [0, 0.1) is 5.41 Å². The van der Waals surface area contributed by atoms with Crippen LogP contribution in [0.15, 0.2) is 48.5 Å². The molecule has 2 aliphatic heterocycles. The molecule has 0 saturated carbocycles. The van der Waals surface area contributed by atoms with Crippen molar-refractivity contribution < 1.29 is 18.9 Å². The number of rotatable bonds is 14. The van der Waals surface area contributed by atoms with Crippen molar-refractivity contribution in [3.8, 4) is 22.8 Å². The number of nitrogen functional groups attached to an aromatic ring is 1. The maximum atomic E-state index is 7.46. The highest BCUT2D eigenvalue weighted by Crippen LogP contribution is 2.35. The number of amidine groups is 1. The molecular weight excluding hydrogens is 538 g/mol.